The number of nitrogens with two attached hydrogens (primary N) is 1. The molecule has 0 aliphatic rings. The molecule has 2 aromatic rings. The molecule has 0 bridgehead atoms. The lowest BCUT2D eigenvalue weighted by Crippen LogP contribution is -2.30. The van der Waals surface area contributed by atoms with Gasteiger partial charge in [-0.2, -0.15) is 0 Å². The van der Waals surface area contributed by atoms with E-state index in [1.165, 1.54) is 19.1 Å². The van der Waals surface area contributed by atoms with Crippen molar-refractivity contribution in [1.29, 1.82) is 0 Å². The van der Waals surface area contributed by atoms with E-state index in [1.54, 1.807) is 24.3 Å². The number of hydrogen-bond donors (Lipinski definition) is 2. The lowest BCUT2D eigenvalue weighted by atomic mass is 10.2. The Bertz CT molecular complexity index is 946. The largest absolute Gasteiger partial charge is 0.449 e. The van der Waals surface area contributed by atoms with Gasteiger partial charge in [-0.25, -0.2) is 18.4 Å². The second-order valence-electron chi connectivity index (χ2n) is 5.23. The number of benzene rings is 2. The molecule has 138 valence electrons. The first-order valence-electron chi connectivity index (χ1n) is 7.17. The molecule has 0 aliphatic heterocycles. The molecular formula is C16H14Cl2N2O5S. The summed E-state index contributed by atoms with van der Waals surface area (Å²) in [6.45, 7) is 1.37. The Kier molecular flexibility index (Phi) is 6.25. The molecule has 0 fully saturated rings. The predicted molar refractivity (Wildman–Crippen MR) is 97.8 cm³/mol. The Morgan fingerprint density at radius 2 is 1.73 bits per heavy atom. The number of rotatable bonds is 5. The van der Waals surface area contributed by atoms with Crippen LogP contribution in [0.2, 0.25) is 10.0 Å². The SMILES string of the molecule is C[C@H](OC(=O)c1ccc(Cl)c(S(N)(=O)=O)c1)C(=O)Nc1ccc(Cl)cc1. The van der Waals surface area contributed by atoms with Crippen LogP contribution in [0.3, 0.4) is 0 Å². The molecule has 0 saturated heterocycles. The molecule has 0 aromatic heterocycles. The van der Waals surface area contributed by atoms with Crippen LogP contribution in [-0.4, -0.2) is 26.4 Å². The summed E-state index contributed by atoms with van der Waals surface area (Å²) in [6.07, 6.45) is -1.13. The van der Waals surface area contributed by atoms with Crippen LogP contribution in [0.5, 0.6) is 0 Å². The lowest BCUT2D eigenvalue weighted by Gasteiger charge is -2.14. The van der Waals surface area contributed by atoms with Crippen LogP contribution >= 0.6 is 23.2 Å². The van der Waals surface area contributed by atoms with Gasteiger partial charge in [0.15, 0.2) is 6.10 Å². The molecule has 1 amide bonds. The Morgan fingerprint density at radius 1 is 1.12 bits per heavy atom. The van der Waals surface area contributed by atoms with Crippen LogP contribution < -0.4 is 10.5 Å². The molecule has 2 rings (SSSR count). The molecule has 2 aromatic carbocycles. The van der Waals surface area contributed by atoms with Crippen LogP contribution in [0.1, 0.15) is 17.3 Å². The fourth-order valence-corrected chi connectivity index (χ4v) is 3.10. The minimum absolute atomic E-state index is 0.107. The van der Waals surface area contributed by atoms with Crippen LogP contribution in [0, 0.1) is 0 Å². The number of amides is 1. The molecule has 10 heteroatoms. The van der Waals surface area contributed by atoms with E-state index in [-0.39, 0.29) is 10.6 Å². The molecular weight excluding hydrogens is 403 g/mol. The number of ether oxygens (including phenoxy) is 1. The topological polar surface area (TPSA) is 116 Å². The monoisotopic (exact) mass is 416 g/mol. The summed E-state index contributed by atoms with van der Waals surface area (Å²) >= 11 is 11.5. The van der Waals surface area contributed by atoms with E-state index in [4.69, 9.17) is 33.1 Å². The number of anilines is 1. The maximum absolute atomic E-state index is 12.1. The number of sulfonamides is 1. The zero-order valence-corrected chi connectivity index (χ0v) is 15.7. The summed E-state index contributed by atoms with van der Waals surface area (Å²) in [5, 5.41) is 7.98. The van der Waals surface area contributed by atoms with Gasteiger partial charge >= 0.3 is 5.97 Å². The van der Waals surface area contributed by atoms with Crippen molar-refractivity contribution < 1.29 is 22.7 Å². The highest BCUT2D eigenvalue weighted by Crippen LogP contribution is 2.22. The summed E-state index contributed by atoms with van der Waals surface area (Å²) < 4.78 is 28.0. The summed E-state index contributed by atoms with van der Waals surface area (Å²) in [4.78, 5) is 23.8. The standard InChI is InChI=1S/C16H14Cl2N2O5S/c1-9(15(21)20-12-5-3-11(17)4-6-12)25-16(22)10-2-7-13(18)14(8-10)26(19,23)24/h2-9H,1H3,(H,20,21)(H2,19,23,24)/t9-/m0/s1. The van der Waals surface area contributed by atoms with Gasteiger partial charge in [0.25, 0.3) is 5.91 Å². The molecule has 0 radical (unpaired) electrons. The van der Waals surface area contributed by atoms with Crippen molar-refractivity contribution in [1.82, 2.24) is 0 Å². The minimum Gasteiger partial charge on any atom is -0.449 e. The number of nitrogens with one attached hydrogen (secondary N) is 1. The van der Waals surface area contributed by atoms with Crippen molar-refractivity contribution in [3.8, 4) is 0 Å². The Hall–Kier alpha value is -2.13. The van der Waals surface area contributed by atoms with Crippen LogP contribution in [-0.2, 0) is 19.6 Å². The second kappa shape index (κ2) is 8.05. The van der Waals surface area contributed by atoms with Crippen molar-refractivity contribution >= 4 is 50.8 Å². The highest BCUT2D eigenvalue weighted by Gasteiger charge is 2.21. The van der Waals surface area contributed by atoms with Gasteiger partial charge in [-0.3, -0.25) is 4.79 Å². The lowest BCUT2D eigenvalue weighted by molar-refractivity contribution is -0.123. The number of esters is 1. The van der Waals surface area contributed by atoms with E-state index in [9.17, 15) is 18.0 Å². The van der Waals surface area contributed by atoms with Crippen molar-refractivity contribution in [3.63, 3.8) is 0 Å². The van der Waals surface area contributed by atoms with Gasteiger partial charge in [0.1, 0.15) is 4.90 Å². The fourth-order valence-electron chi connectivity index (χ4n) is 1.91. The molecule has 1 atom stereocenters. The van der Waals surface area contributed by atoms with Gasteiger partial charge in [-0.15, -0.1) is 0 Å². The van der Waals surface area contributed by atoms with E-state index in [2.05, 4.69) is 5.32 Å². The zero-order valence-electron chi connectivity index (χ0n) is 13.4. The molecule has 0 heterocycles. The second-order valence-corrected chi connectivity index (χ2v) is 7.61. The van der Waals surface area contributed by atoms with Gasteiger partial charge in [0.2, 0.25) is 10.0 Å². The third-order valence-corrected chi connectivity index (χ3v) is 4.88. The van der Waals surface area contributed by atoms with Gasteiger partial charge < -0.3 is 10.1 Å². The van der Waals surface area contributed by atoms with Gasteiger partial charge in [0.05, 0.1) is 10.6 Å². The van der Waals surface area contributed by atoms with Crippen LogP contribution in [0.4, 0.5) is 5.69 Å². The van der Waals surface area contributed by atoms with E-state index in [1.807, 2.05) is 0 Å². The Balaban J connectivity index is 2.09. The summed E-state index contributed by atoms with van der Waals surface area (Å²) in [5.41, 5.74) is 0.370. The number of halogens is 2. The number of carbonyl (C=O) groups excluding carboxylic acids is 2. The van der Waals surface area contributed by atoms with Crippen LogP contribution in [0.25, 0.3) is 0 Å². The van der Waals surface area contributed by atoms with Crippen molar-refractivity contribution in [2.75, 3.05) is 5.32 Å². The minimum atomic E-state index is -4.11. The van der Waals surface area contributed by atoms with E-state index in [0.29, 0.717) is 10.7 Å². The fraction of sp³-hybridized carbons (Fsp3) is 0.125. The zero-order chi connectivity index (χ0) is 19.5. The number of hydrogen-bond acceptors (Lipinski definition) is 5. The predicted octanol–water partition coefficient (Wildman–Crippen LogP) is 2.82. The number of carbonyl (C=O) groups is 2. The average Bonchev–Trinajstić information content (AvgIpc) is 2.56. The van der Waals surface area contributed by atoms with Crippen molar-refractivity contribution in [3.05, 3.63) is 58.1 Å². The van der Waals surface area contributed by atoms with Gasteiger partial charge in [-0.1, -0.05) is 23.2 Å². The molecule has 0 unspecified atom stereocenters. The molecule has 26 heavy (non-hydrogen) atoms. The molecule has 0 saturated carbocycles. The normalized spacial score (nSPS) is 12.3. The maximum atomic E-state index is 12.1. The highest BCUT2D eigenvalue weighted by molar-refractivity contribution is 7.89. The Morgan fingerprint density at radius 3 is 2.31 bits per heavy atom. The van der Waals surface area contributed by atoms with Crippen molar-refractivity contribution in [2.24, 2.45) is 5.14 Å². The smallest absolute Gasteiger partial charge is 0.338 e. The summed E-state index contributed by atoms with van der Waals surface area (Å²) in [7, 11) is -4.11. The van der Waals surface area contributed by atoms with Gasteiger partial charge in [-0.05, 0) is 49.4 Å². The average molecular weight is 417 g/mol. The molecule has 7 nitrogen and oxygen atoms in total. The third kappa shape index (κ3) is 5.18. The van der Waals surface area contributed by atoms with E-state index in [0.717, 1.165) is 6.07 Å². The first kappa shape index (κ1) is 20.2. The molecule has 3 N–H and O–H groups in total. The third-order valence-electron chi connectivity index (χ3n) is 3.24. The Labute approximate surface area is 160 Å². The molecule has 0 spiro atoms. The molecule has 0 aliphatic carbocycles. The first-order valence-corrected chi connectivity index (χ1v) is 9.48. The van der Waals surface area contributed by atoms with Crippen molar-refractivity contribution in [2.45, 2.75) is 17.9 Å². The van der Waals surface area contributed by atoms with Gasteiger partial charge in [0, 0.05) is 10.7 Å². The maximum Gasteiger partial charge on any atom is 0.338 e. The summed E-state index contributed by atoms with van der Waals surface area (Å²) in [6, 6.07) is 9.83. The first-order chi connectivity index (χ1) is 12.1. The van der Waals surface area contributed by atoms with Crippen LogP contribution in [0.15, 0.2) is 47.4 Å². The van der Waals surface area contributed by atoms with E-state index >= 15 is 0 Å². The highest BCUT2D eigenvalue weighted by atomic mass is 35.5. The summed E-state index contributed by atoms with van der Waals surface area (Å²) in [5.74, 6) is -1.47. The number of primary sulfonamides is 1. The van der Waals surface area contributed by atoms with E-state index < -0.39 is 32.9 Å². The quantitative estimate of drug-likeness (QED) is 0.726.